The number of carbonyl (C=O) groups excluding carboxylic acids is 1. The number of halogens is 2. The highest BCUT2D eigenvalue weighted by atomic mass is 35.5. The molecule has 1 unspecified atom stereocenters. The van der Waals surface area contributed by atoms with Crippen LogP contribution >= 0.6 is 35.0 Å². The first-order valence-electron chi connectivity index (χ1n) is 10.7. The van der Waals surface area contributed by atoms with E-state index in [-0.39, 0.29) is 5.97 Å². The van der Waals surface area contributed by atoms with Gasteiger partial charge in [0.15, 0.2) is 0 Å². The molecule has 3 aromatic rings. The Labute approximate surface area is 207 Å². The lowest BCUT2D eigenvalue weighted by Gasteiger charge is -2.28. The molecule has 1 atom stereocenters. The van der Waals surface area contributed by atoms with Gasteiger partial charge < -0.3 is 10.1 Å². The summed E-state index contributed by atoms with van der Waals surface area (Å²) in [6.45, 7) is 4.26. The lowest BCUT2D eigenvalue weighted by atomic mass is 9.96. The van der Waals surface area contributed by atoms with Crippen molar-refractivity contribution in [3.8, 4) is 0 Å². The van der Waals surface area contributed by atoms with E-state index in [0.29, 0.717) is 44.8 Å². The predicted molar refractivity (Wildman–Crippen MR) is 133 cm³/mol. The molecule has 1 aliphatic heterocycles. The number of benzene rings is 2. The van der Waals surface area contributed by atoms with Crippen LogP contribution in [0.15, 0.2) is 65.0 Å². The maximum atomic E-state index is 13.1. The van der Waals surface area contributed by atoms with Gasteiger partial charge in [0.2, 0.25) is 11.1 Å². The number of hydrogen-bond donors (Lipinski definition) is 1. The van der Waals surface area contributed by atoms with Gasteiger partial charge in [-0.15, -0.1) is 5.10 Å². The summed E-state index contributed by atoms with van der Waals surface area (Å²) in [7, 11) is 0. The van der Waals surface area contributed by atoms with Crippen molar-refractivity contribution in [2.75, 3.05) is 11.9 Å². The Morgan fingerprint density at radius 1 is 1.15 bits per heavy atom. The lowest BCUT2D eigenvalue weighted by Crippen LogP contribution is -2.30. The van der Waals surface area contributed by atoms with Crippen LogP contribution in [-0.2, 0) is 15.3 Å². The van der Waals surface area contributed by atoms with Crippen LogP contribution in [0.4, 0.5) is 5.95 Å². The molecule has 2 heterocycles. The minimum Gasteiger partial charge on any atom is -0.462 e. The summed E-state index contributed by atoms with van der Waals surface area (Å²) in [6.07, 6.45) is 1.75. The normalized spacial score (nSPS) is 15.2. The molecular formula is C24H24Cl2N4O2S. The summed E-state index contributed by atoms with van der Waals surface area (Å²) in [4.78, 5) is 17.8. The SMILES string of the molecule is CCCCOC(=O)C1=C(C)Nc2nc(SCc3ccccc3Cl)nn2C1c1ccccc1Cl. The predicted octanol–water partition coefficient (Wildman–Crippen LogP) is 6.51. The molecule has 0 amide bonds. The van der Waals surface area contributed by atoms with Gasteiger partial charge in [-0.05, 0) is 31.0 Å². The number of nitrogens with one attached hydrogen (secondary N) is 1. The fraction of sp³-hybridized carbons (Fsp3) is 0.292. The number of nitrogens with zero attached hydrogens (tertiary/aromatic N) is 3. The van der Waals surface area contributed by atoms with Gasteiger partial charge in [-0.25, -0.2) is 9.48 Å². The van der Waals surface area contributed by atoms with Gasteiger partial charge in [0.1, 0.15) is 6.04 Å². The van der Waals surface area contributed by atoms with Crippen LogP contribution in [0.2, 0.25) is 10.0 Å². The number of unbranched alkanes of at least 4 members (excludes halogenated alkanes) is 1. The van der Waals surface area contributed by atoms with E-state index >= 15 is 0 Å². The molecule has 0 aliphatic carbocycles. The maximum absolute atomic E-state index is 13.1. The van der Waals surface area contributed by atoms with E-state index in [1.165, 1.54) is 11.8 Å². The standard InChI is InChI=1S/C24H24Cl2N4O2S/c1-3-4-13-32-22(31)20-15(2)27-23-28-24(33-14-16-9-5-7-11-18(16)25)29-30(23)21(20)17-10-6-8-12-19(17)26/h5-12,21H,3-4,13-14H2,1-2H3,(H,27,28,29). The quantitative estimate of drug-likeness (QED) is 0.215. The Morgan fingerprint density at radius 3 is 2.61 bits per heavy atom. The molecule has 0 saturated carbocycles. The van der Waals surface area contributed by atoms with Gasteiger partial charge in [0, 0.05) is 27.1 Å². The zero-order valence-electron chi connectivity index (χ0n) is 18.3. The number of thioether (sulfide) groups is 1. The molecule has 0 bridgehead atoms. The fourth-order valence-corrected chi connectivity index (χ4v) is 4.94. The molecule has 9 heteroatoms. The van der Waals surface area contributed by atoms with E-state index < -0.39 is 6.04 Å². The van der Waals surface area contributed by atoms with Gasteiger partial charge in [0.05, 0.1) is 12.2 Å². The molecule has 0 saturated heterocycles. The molecule has 2 aromatic carbocycles. The average molecular weight is 503 g/mol. The first-order chi connectivity index (χ1) is 16.0. The van der Waals surface area contributed by atoms with Crippen molar-refractivity contribution >= 4 is 46.9 Å². The topological polar surface area (TPSA) is 69.0 Å². The highest BCUT2D eigenvalue weighted by Gasteiger charge is 2.36. The Hall–Kier alpha value is -2.48. The fourth-order valence-electron chi connectivity index (χ4n) is 3.59. The molecule has 4 rings (SSSR count). The summed E-state index contributed by atoms with van der Waals surface area (Å²) >= 11 is 14.3. The van der Waals surface area contributed by atoms with Crippen molar-refractivity contribution in [3.63, 3.8) is 0 Å². The number of aromatic nitrogens is 3. The Bertz CT molecular complexity index is 1190. The number of rotatable bonds is 8. The smallest absolute Gasteiger partial charge is 0.338 e. The van der Waals surface area contributed by atoms with E-state index in [0.717, 1.165) is 24.0 Å². The van der Waals surface area contributed by atoms with E-state index in [1.54, 1.807) is 10.7 Å². The van der Waals surface area contributed by atoms with Crippen LogP contribution in [0.5, 0.6) is 0 Å². The second-order valence-electron chi connectivity index (χ2n) is 7.62. The second kappa shape index (κ2) is 10.6. The zero-order valence-corrected chi connectivity index (χ0v) is 20.7. The summed E-state index contributed by atoms with van der Waals surface area (Å²) in [5.74, 6) is 0.784. The van der Waals surface area contributed by atoms with Crippen LogP contribution < -0.4 is 5.32 Å². The Kier molecular flexibility index (Phi) is 7.63. The molecule has 0 fully saturated rings. The van der Waals surface area contributed by atoms with E-state index in [2.05, 4.69) is 17.2 Å². The molecule has 1 aromatic heterocycles. The number of allylic oxidation sites excluding steroid dienone is 1. The largest absolute Gasteiger partial charge is 0.462 e. The van der Waals surface area contributed by atoms with Crippen molar-refractivity contribution < 1.29 is 9.53 Å². The van der Waals surface area contributed by atoms with Crippen LogP contribution in [-0.4, -0.2) is 27.3 Å². The summed E-state index contributed by atoms with van der Waals surface area (Å²) < 4.78 is 7.27. The van der Waals surface area contributed by atoms with Crippen LogP contribution in [0.1, 0.15) is 43.9 Å². The number of fused-ring (bicyclic) bond motifs is 1. The molecule has 0 spiro atoms. The third-order valence-corrected chi connectivity index (χ3v) is 6.90. The highest BCUT2D eigenvalue weighted by Crippen LogP contribution is 2.39. The monoisotopic (exact) mass is 502 g/mol. The lowest BCUT2D eigenvalue weighted by molar-refractivity contribution is -0.139. The van der Waals surface area contributed by atoms with Crippen LogP contribution in [0.3, 0.4) is 0 Å². The minimum atomic E-state index is -0.550. The maximum Gasteiger partial charge on any atom is 0.338 e. The second-order valence-corrected chi connectivity index (χ2v) is 9.38. The molecule has 1 N–H and O–H groups in total. The molecule has 6 nitrogen and oxygen atoms in total. The molecule has 33 heavy (non-hydrogen) atoms. The molecular weight excluding hydrogens is 479 g/mol. The third kappa shape index (κ3) is 5.21. The van der Waals surface area contributed by atoms with Crippen molar-refractivity contribution in [2.45, 2.75) is 43.6 Å². The van der Waals surface area contributed by atoms with Crippen LogP contribution in [0, 0.1) is 0 Å². The average Bonchev–Trinajstić information content (AvgIpc) is 3.20. The van der Waals surface area contributed by atoms with Crippen molar-refractivity contribution in [1.29, 1.82) is 0 Å². The number of ether oxygens (including phenoxy) is 1. The number of hydrogen-bond acceptors (Lipinski definition) is 6. The zero-order chi connectivity index (χ0) is 23.4. The summed E-state index contributed by atoms with van der Waals surface area (Å²) in [5, 5.41) is 9.76. The van der Waals surface area contributed by atoms with Gasteiger partial charge in [-0.1, -0.05) is 84.7 Å². The Morgan fingerprint density at radius 2 is 1.88 bits per heavy atom. The van der Waals surface area contributed by atoms with E-state index in [4.69, 9.17) is 33.0 Å². The molecule has 172 valence electrons. The van der Waals surface area contributed by atoms with Crippen LogP contribution in [0.25, 0.3) is 0 Å². The number of esters is 1. The van der Waals surface area contributed by atoms with Gasteiger partial charge >= 0.3 is 5.97 Å². The van der Waals surface area contributed by atoms with Crippen molar-refractivity contribution in [1.82, 2.24) is 14.8 Å². The first kappa shape index (κ1) is 23.7. The Balaban J connectivity index is 1.68. The number of carbonyl (C=O) groups is 1. The van der Waals surface area contributed by atoms with Crippen molar-refractivity contribution in [2.24, 2.45) is 0 Å². The summed E-state index contributed by atoms with van der Waals surface area (Å²) in [6, 6.07) is 14.6. The van der Waals surface area contributed by atoms with Gasteiger partial charge in [-0.2, -0.15) is 4.98 Å². The molecule has 0 radical (unpaired) electrons. The van der Waals surface area contributed by atoms with E-state index in [1.807, 2.05) is 49.4 Å². The van der Waals surface area contributed by atoms with Gasteiger partial charge in [-0.3, -0.25) is 0 Å². The van der Waals surface area contributed by atoms with Crippen molar-refractivity contribution in [3.05, 3.63) is 81.0 Å². The summed E-state index contributed by atoms with van der Waals surface area (Å²) in [5.41, 5.74) is 2.90. The molecule has 1 aliphatic rings. The van der Waals surface area contributed by atoms with E-state index in [9.17, 15) is 4.79 Å². The first-order valence-corrected chi connectivity index (χ1v) is 12.5. The van der Waals surface area contributed by atoms with Gasteiger partial charge in [0.25, 0.3) is 0 Å². The number of anilines is 1. The highest BCUT2D eigenvalue weighted by molar-refractivity contribution is 7.98. The third-order valence-electron chi connectivity index (χ3n) is 5.30. The minimum absolute atomic E-state index is 0.366.